The third kappa shape index (κ3) is 4.98. The Bertz CT molecular complexity index is 162. The molecule has 90 valence electrons. The Morgan fingerprint density at radius 3 is 2.40 bits per heavy atom. The summed E-state index contributed by atoms with van der Waals surface area (Å²) in [7, 11) is 0. The van der Waals surface area contributed by atoms with Gasteiger partial charge < -0.3 is 10.1 Å². The van der Waals surface area contributed by atoms with Gasteiger partial charge in [0.25, 0.3) is 0 Å². The zero-order valence-corrected chi connectivity index (χ0v) is 10.8. The lowest BCUT2D eigenvalue weighted by molar-refractivity contribution is -0.0434. The fraction of sp³-hybridized carbons (Fsp3) is 1.00. The Kier molecular flexibility index (Phi) is 5.62. The number of nitrogens with one attached hydrogen (secondary N) is 1. The zero-order valence-electron chi connectivity index (χ0n) is 10.8. The van der Waals surface area contributed by atoms with Gasteiger partial charge in [-0.3, -0.25) is 0 Å². The zero-order chi connectivity index (χ0) is 11.3. The van der Waals surface area contributed by atoms with Crippen LogP contribution in [-0.4, -0.2) is 24.3 Å². The molecule has 0 spiro atoms. The monoisotopic (exact) mass is 213 g/mol. The van der Waals surface area contributed by atoms with E-state index in [9.17, 15) is 0 Å². The molecular weight excluding hydrogens is 186 g/mol. The molecule has 2 heteroatoms. The van der Waals surface area contributed by atoms with Crippen LogP contribution in [0.5, 0.6) is 0 Å². The summed E-state index contributed by atoms with van der Waals surface area (Å²) < 4.78 is 5.74. The van der Waals surface area contributed by atoms with Crippen LogP contribution >= 0.6 is 0 Å². The van der Waals surface area contributed by atoms with Crippen LogP contribution in [0.25, 0.3) is 0 Å². The van der Waals surface area contributed by atoms with Crippen molar-refractivity contribution in [3.63, 3.8) is 0 Å². The Morgan fingerprint density at radius 1 is 1.27 bits per heavy atom. The molecule has 15 heavy (non-hydrogen) atoms. The normalized spacial score (nSPS) is 34.0. The first-order chi connectivity index (χ1) is 7.11. The molecule has 0 aromatic carbocycles. The van der Waals surface area contributed by atoms with Crippen LogP contribution in [0.2, 0.25) is 0 Å². The Labute approximate surface area is 94.8 Å². The summed E-state index contributed by atoms with van der Waals surface area (Å²) in [4.78, 5) is 0. The quantitative estimate of drug-likeness (QED) is 0.757. The lowest BCUT2D eigenvalue weighted by Gasteiger charge is -2.34. The summed E-state index contributed by atoms with van der Waals surface area (Å²) in [5, 5.41) is 3.73. The van der Waals surface area contributed by atoms with Gasteiger partial charge in [-0.1, -0.05) is 19.8 Å². The van der Waals surface area contributed by atoms with E-state index < -0.39 is 0 Å². The minimum atomic E-state index is 0.421. The Hall–Kier alpha value is -0.0800. The molecule has 0 bridgehead atoms. The van der Waals surface area contributed by atoms with Crippen LogP contribution in [0.15, 0.2) is 0 Å². The van der Waals surface area contributed by atoms with Crippen LogP contribution < -0.4 is 5.32 Å². The molecule has 1 heterocycles. The van der Waals surface area contributed by atoms with Gasteiger partial charge in [0.1, 0.15) is 0 Å². The minimum Gasteiger partial charge on any atom is -0.375 e. The van der Waals surface area contributed by atoms with Crippen molar-refractivity contribution in [2.24, 2.45) is 0 Å². The molecule has 0 aromatic rings. The number of hydrogen-bond donors (Lipinski definition) is 1. The fourth-order valence-corrected chi connectivity index (χ4v) is 2.54. The number of hydrogen-bond acceptors (Lipinski definition) is 2. The molecule has 0 saturated carbocycles. The molecule has 0 radical (unpaired) electrons. The molecule has 1 N–H and O–H groups in total. The van der Waals surface area contributed by atoms with Crippen LogP contribution in [0.1, 0.15) is 59.8 Å². The first kappa shape index (κ1) is 13.0. The van der Waals surface area contributed by atoms with Crippen molar-refractivity contribution in [3.05, 3.63) is 0 Å². The number of ether oxygens (including phenoxy) is 1. The van der Waals surface area contributed by atoms with E-state index in [-0.39, 0.29) is 0 Å². The summed E-state index contributed by atoms with van der Waals surface area (Å²) in [6.07, 6.45) is 7.11. The van der Waals surface area contributed by atoms with E-state index >= 15 is 0 Å². The summed E-state index contributed by atoms with van der Waals surface area (Å²) in [6, 6.07) is 1.32. The van der Waals surface area contributed by atoms with E-state index in [0.717, 1.165) is 0 Å². The Morgan fingerprint density at radius 2 is 1.87 bits per heavy atom. The highest BCUT2D eigenvalue weighted by atomic mass is 16.5. The third-order valence-corrected chi connectivity index (χ3v) is 3.21. The number of rotatable bonds is 5. The highest BCUT2D eigenvalue weighted by molar-refractivity contribution is 4.80. The lowest BCUT2D eigenvalue weighted by Crippen LogP contribution is -2.44. The standard InChI is InChI=1S/C13H27NO/c1-5-6-7-10(2)14-13-8-11(3)15-12(4)9-13/h10-14H,5-9H2,1-4H3. The summed E-state index contributed by atoms with van der Waals surface area (Å²) in [5.41, 5.74) is 0. The molecule has 3 atom stereocenters. The van der Waals surface area contributed by atoms with E-state index in [1.54, 1.807) is 0 Å². The maximum atomic E-state index is 5.74. The van der Waals surface area contributed by atoms with E-state index in [4.69, 9.17) is 4.74 Å². The van der Waals surface area contributed by atoms with E-state index in [1.165, 1.54) is 32.1 Å². The predicted molar refractivity (Wildman–Crippen MR) is 65.2 cm³/mol. The first-order valence-corrected chi connectivity index (χ1v) is 6.53. The maximum Gasteiger partial charge on any atom is 0.0565 e. The van der Waals surface area contributed by atoms with E-state index in [1.807, 2.05) is 0 Å². The molecule has 1 aliphatic heterocycles. The second-order valence-corrected chi connectivity index (χ2v) is 5.14. The summed E-state index contributed by atoms with van der Waals surface area (Å²) in [5.74, 6) is 0. The Balaban J connectivity index is 2.24. The molecule has 1 aliphatic rings. The third-order valence-electron chi connectivity index (χ3n) is 3.21. The molecule has 0 amide bonds. The molecule has 3 unspecified atom stereocenters. The summed E-state index contributed by atoms with van der Waals surface area (Å²) in [6.45, 7) is 8.92. The fourth-order valence-electron chi connectivity index (χ4n) is 2.54. The van der Waals surface area contributed by atoms with Crippen LogP contribution in [0.4, 0.5) is 0 Å². The molecule has 0 aliphatic carbocycles. The average Bonchev–Trinajstić information content (AvgIpc) is 2.13. The largest absolute Gasteiger partial charge is 0.375 e. The smallest absolute Gasteiger partial charge is 0.0565 e. The van der Waals surface area contributed by atoms with E-state index in [2.05, 4.69) is 33.0 Å². The van der Waals surface area contributed by atoms with Crippen molar-refractivity contribution >= 4 is 0 Å². The highest BCUT2D eigenvalue weighted by Crippen LogP contribution is 2.19. The SMILES string of the molecule is CCCCC(C)NC1CC(C)OC(C)C1. The van der Waals surface area contributed by atoms with Gasteiger partial charge in [-0.05, 0) is 40.0 Å². The van der Waals surface area contributed by atoms with Crippen molar-refractivity contribution in [2.75, 3.05) is 0 Å². The average molecular weight is 213 g/mol. The van der Waals surface area contributed by atoms with Gasteiger partial charge in [0.2, 0.25) is 0 Å². The van der Waals surface area contributed by atoms with Gasteiger partial charge in [-0.25, -0.2) is 0 Å². The first-order valence-electron chi connectivity index (χ1n) is 6.53. The molecule has 1 saturated heterocycles. The van der Waals surface area contributed by atoms with Crippen molar-refractivity contribution in [1.82, 2.24) is 5.32 Å². The van der Waals surface area contributed by atoms with Crippen molar-refractivity contribution < 1.29 is 4.74 Å². The van der Waals surface area contributed by atoms with Crippen molar-refractivity contribution in [2.45, 2.75) is 84.1 Å². The molecule has 2 nitrogen and oxygen atoms in total. The molecular formula is C13H27NO. The van der Waals surface area contributed by atoms with Gasteiger partial charge in [0, 0.05) is 12.1 Å². The molecule has 1 rings (SSSR count). The minimum absolute atomic E-state index is 0.421. The van der Waals surface area contributed by atoms with E-state index in [0.29, 0.717) is 24.3 Å². The second-order valence-electron chi connectivity index (χ2n) is 5.14. The highest BCUT2D eigenvalue weighted by Gasteiger charge is 2.24. The molecule has 0 aromatic heterocycles. The van der Waals surface area contributed by atoms with Gasteiger partial charge in [0.05, 0.1) is 12.2 Å². The van der Waals surface area contributed by atoms with Crippen LogP contribution in [0.3, 0.4) is 0 Å². The maximum absolute atomic E-state index is 5.74. The van der Waals surface area contributed by atoms with Crippen LogP contribution in [-0.2, 0) is 4.74 Å². The topological polar surface area (TPSA) is 21.3 Å². The second kappa shape index (κ2) is 6.49. The van der Waals surface area contributed by atoms with Gasteiger partial charge >= 0.3 is 0 Å². The van der Waals surface area contributed by atoms with Crippen molar-refractivity contribution in [1.29, 1.82) is 0 Å². The van der Waals surface area contributed by atoms with Crippen molar-refractivity contribution in [3.8, 4) is 0 Å². The van der Waals surface area contributed by atoms with Gasteiger partial charge in [-0.15, -0.1) is 0 Å². The summed E-state index contributed by atoms with van der Waals surface area (Å²) >= 11 is 0. The van der Waals surface area contributed by atoms with Gasteiger partial charge in [0.15, 0.2) is 0 Å². The number of unbranched alkanes of at least 4 members (excludes halogenated alkanes) is 1. The predicted octanol–water partition coefficient (Wildman–Crippen LogP) is 3.11. The lowest BCUT2D eigenvalue weighted by atomic mass is 9.98. The van der Waals surface area contributed by atoms with Gasteiger partial charge in [-0.2, -0.15) is 0 Å². The van der Waals surface area contributed by atoms with Crippen LogP contribution in [0, 0.1) is 0 Å². The molecule has 1 fully saturated rings.